The Hall–Kier alpha value is -2.43. The van der Waals surface area contributed by atoms with E-state index in [9.17, 15) is 5.53 Å². The maximum Gasteiger partial charge on any atom is 2.00 e. The Labute approximate surface area is 416 Å². The molecule has 370 valence electrons. The van der Waals surface area contributed by atoms with Gasteiger partial charge in [-0.1, -0.05) is 256 Å². The monoisotopic (exact) mass is 933 g/mol. The largest absolute Gasteiger partial charge is 2.00 e. The topological polar surface area (TPSA) is 25.3 Å². The molecular formula is C62H102N2Ni. The molecule has 0 bridgehead atoms. The van der Waals surface area contributed by atoms with Gasteiger partial charge in [0.1, 0.15) is 5.57 Å². The summed E-state index contributed by atoms with van der Waals surface area (Å²) in [4.78, 5) is 0. The van der Waals surface area contributed by atoms with E-state index in [1.54, 1.807) is 0 Å². The smallest absolute Gasteiger partial charge is 0.493 e. The van der Waals surface area contributed by atoms with Crippen molar-refractivity contribution in [2.75, 3.05) is 0 Å². The third-order valence-corrected chi connectivity index (χ3v) is 13.4. The molecule has 0 atom stereocenters. The van der Waals surface area contributed by atoms with Gasteiger partial charge in [-0.3, -0.25) is 0 Å². The third-order valence-electron chi connectivity index (χ3n) is 13.4. The van der Waals surface area contributed by atoms with Crippen LogP contribution in [0.2, 0.25) is 0 Å². The minimum absolute atomic E-state index is 0. The molecule has 0 N–H and O–H groups in total. The standard InChI is InChI=1S/C60H96N2.2CH3.Ni/c1-5-9-13-16-17-18-19-20-21-22-23-24-25-26-27-28-29-30-31-32-33-34-35-36-40-50-58-57(49-37-12-8-4)59(55-47-41-45-53(51-55)43-38-14-10-6-2)62(61)60(58)56-48-42-46-54(52-56)44-39-15-11-7-3;;;/h41-42,45-48,51-52H,5-39,43-44,49H2,1-4H3;2*1H3;/q;2*-1;+2. The van der Waals surface area contributed by atoms with Crippen LogP contribution in [0.5, 0.6) is 0 Å². The molecule has 3 rings (SSSR count). The maximum absolute atomic E-state index is 12.3. The second-order valence-electron chi connectivity index (χ2n) is 19.2. The number of hydrogen-bond donors (Lipinski definition) is 0. The van der Waals surface area contributed by atoms with Crippen molar-refractivity contribution in [2.45, 2.75) is 272 Å². The maximum atomic E-state index is 12.3. The Kier molecular flexibility index (Phi) is 41.3. The second kappa shape index (κ2) is 42.9. The second-order valence-corrected chi connectivity index (χ2v) is 19.2. The van der Waals surface area contributed by atoms with Crippen molar-refractivity contribution in [3.05, 3.63) is 102 Å². The van der Waals surface area contributed by atoms with Crippen molar-refractivity contribution in [3.8, 4) is 11.8 Å². The molecular weight excluding hydrogens is 831 g/mol. The molecule has 3 heteroatoms. The normalized spacial score (nSPS) is 12.2. The summed E-state index contributed by atoms with van der Waals surface area (Å²) < 4.78 is 1.53. The van der Waals surface area contributed by atoms with Crippen LogP contribution in [0.4, 0.5) is 0 Å². The van der Waals surface area contributed by atoms with Gasteiger partial charge in [0, 0.05) is 23.1 Å². The molecule has 1 heterocycles. The zero-order valence-electron chi connectivity index (χ0n) is 43.7. The van der Waals surface area contributed by atoms with E-state index in [-0.39, 0.29) is 31.3 Å². The number of nitrogens with zero attached hydrogens (tertiary/aromatic N) is 2. The molecule has 0 saturated heterocycles. The van der Waals surface area contributed by atoms with E-state index >= 15 is 0 Å². The summed E-state index contributed by atoms with van der Waals surface area (Å²) in [5, 5.41) is 0. The first kappa shape index (κ1) is 62.6. The van der Waals surface area contributed by atoms with Gasteiger partial charge in [0.25, 0.3) is 0 Å². The summed E-state index contributed by atoms with van der Waals surface area (Å²) in [6, 6.07) is 18.0. The van der Waals surface area contributed by atoms with Crippen LogP contribution in [0.1, 0.15) is 281 Å². The average Bonchev–Trinajstić information content (AvgIpc) is 3.56. The molecule has 2 aromatic rings. The van der Waals surface area contributed by atoms with Crippen LogP contribution < -0.4 is 0 Å². The van der Waals surface area contributed by atoms with E-state index in [4.69, 9.17) is 0 Å². The molecule has 2 nitrogen and oxygen atoms in total. The van der Waals surface area contributed by atoms with Gasteiger partial charge in [-0.25, -0.2) is 4.70 Å². The van der Waals surface area contributed by atoms with Gasteiger partial charge in [-0.15, -0.1) is 0 Å². The fraction of sp³-hybridized carbons (Fsp3) is 0.677. The van der Waals surface area contributed by atoms with Gasteiger partial charge in [-0.05, 0) is 80.3 Å². The molecule has 2 aromatic carbocycles. The molecule has 1 aliphatic heterocycles. The molecule has 0 saturated carbocycles. The quantitative estimate of drug-likeness (QED) is 0.0210. The third kappa shape index (κ3) is 27.2. The predicted molar refractivity (Wildman–Crippen MR) is 287 cm³/mol. The Morgan fingerprint density at radius 3 is 1.12 bits per heavy atom. The van der Waals surface area contributed by atoms with E-state index in [2.05, 4.69) is 88.1 Å². The number of aryl methyl sites for hydroxylation is 2. The summed E-state index contributed by atoms with van der Waals surface area (Å²) in [5.74, 6) is 7.35. The van der Waals surface area contributed by atoms with Gasteiger partial charge in [-0.2, -0.15) is 0 Å². The van der Waals surface area contributed by atoms with Crippen LogP contribution in [0, 0.1) is 26.7 Å². The van der Waals surface area contributed by atoms with Crippen molar-refractivity contribution in [2.24, 2.45) is 0 Å². The number of rotatable bonds is 39. The number of hydrogen-bond acceptors (Lipinski definition) is 0. The molecule has 0 spiro atoms. The van der Waals surface area contributed by atoms with Gasteiger partial charge in [0.15, 0.2) is 0 Å². The number of allylic oxidation sites excluding steroid dienone is 2. The van der Waals surface area contributed by atoms with Gasteiger partial charge < -0.3 is 20.4 Å². The number of unbranched alkanes of at least 4 members (excludes halogenated alkanes) is 31. The van der Waals surface area contributed by atoms with Gasteiger partial charge >= 0.3 is 16.5 Å². The van der Waals surface area contributed by atoms with E-state index in [1.165, 1.54) is 227 Å². The van der Waals surface area contributed by atoms with Crippen LogP contribution >= 0.6 is 0 Å². The molecule has 65 heavy (non-hydrogen) atoms. The Bertz CT molecular complexity index is 1590. The Morgan fingerprint density at radius 2 is 0.723 bits per heavy atom. The van der Waals surface area contributed by atoms with Gasteiger partial charge in [0.05, 0.1) is 0 Å². The minimum Gasteiger partial charge on any atom is -0.493 e. The summed E-state index contributed by atoms with van der Waals surface area (Å²) in [6.45, 7) is 9.14. The summed E-state index contributed by atoms with van der Waals surface area (Å²) in [6.07, 6.45) is 50.1. The fourth-order valence-corrected chi connectivity index (χ4v) is 9.51. The van der Waals surface area contributed by atoms with Gasteiger partial charge in [0.2, 0.25) is 11.4 Å². The summed E-state index contributed by atoms with van der Waals surface area (Å²) in [7, 11) is 0. The SMILES string of the molecule is CCCCCCCCCCCCCCCCCCCCCCCCCC#CC1=C(c2cccc(CCCCCC)c2)[N+](=[N-])C(c2cccc(CCCCCC)c2)=C1CCCCC.[CH3-].[CH3-].[Ni+2]. The summed E-state index contributed by atoms with van der Waals surface area (Å²) >= 11 is 0. The van der Waals surface area contributed by atoms with Crippen LogP contribution in [-0.4, -0.2) is 4.70 Å². The predicted octanol–water partition coefficient (Wildman–Crippen LogP) is 21.0. The first-order valence-electron chi connectivity index (χ1n) is 27.3. The fourth-order valence-electron chi connectivity index (χ4n) is 9.51. The van der Waals surface area contributed by atoms with E-state index in [0.717, 1.165) is 66.6 Å². The summed E-state index contributed by atoms with van der Waals surface area (Å²) in [5.41, 5.74) is 21.3. The zero-order chi connectivity index (χ0) is 44.1. The molecule has 0 amide bonds. The van der Waals surface area contributed by atoms with Crippen LogP contribution in [0.15, 0.2) is 59.7 Å². The molecule has 0 radical (unpaired) electrons. The average molecular weight is 934 g/mol. The van der Waals surface area contributed by atoms with Crippen LogP contribution in [0.3, 0.4) is 0 Å². The van der Waals surface area contributed by atoms with Crippen LogP contribution in [0.25, 0.3) is 16.9 Å². The molecule has 0 aliphatic carbocycles. The molecule has 0 fully saturated rings. The van der Waals surface area contributed by atoms with Crippen molar-refractivity contribution < 1.29 is 21.2 Å². The Balaban J connectivity index is 0.0000137. The van der Waals surface area contributed by atoms with E-state index in [1.807, 2.05) is 0 Å². The first-order valence-corrected chi connectivity index (χ1v) is 27.3. The number of benzene rings is 2. The molecule has 1 aliphatic rings. The molecule has 0 unspecified atom stereocenters. The minimum atomic E-state index is 0. The van der Waals surface area contributed by atoms with E-state index < -0.39 is 0 Å². The van der Waals surface area contributed by atoms with Crippen molar-refractivity contribution in [1.82, 2.24) is 0 Å². The Morgan fingerprint density at radius 1 is 0.400 bits per heavy atom. The zero-order valence-corrected chi connectivity index (χ0v) is 44.7. The van der Waals surface area contributed by atoms with E-state index in [0.29, 0.717) is 0 Å². The first-order chi connectivity index (χ1) is 30.6. The van der Waals surface area contributed by atoms with Crippen LogP contribution in [-0.2, 0) is 29.3 Å². The van der Waals surface area contributed by atoms with Crippen molar-refractivity contribution in [1.29, 1.82) is 0 Å². The molecule has 0 aromatic heterocycles. The van der Waals surface area contributed by atoms with Crippen molar-refractivity contribution >= 4 is 11.4 Å². The van der Waals surface area contributed by atoms with Crippen molar-refractivity contribution in [3.63, 3.8) is 0 Å².